The Hall–Kier alpha value is -2.60. The lowest BCUT2D eigenvalue weighted by atomic mass is 9.96. The molecule has 20 heavy (non-hydrogen) atoms. The lowest BCUT2D eigenvalue weighted by molar-refractivity contribution is -0.137. The summed E-state index contributed by atoms with van der Waals surface area (Å²) in [5.74, 6) is -0.786. The van der Waals surface area contributed by atoms with Gasteiger partial charge in [0.15, 0.2) is 0 Å². The highest BCUT2D eigenvalue weighted by molar-refractivity contribution is 5.71. The van der Waals surface area contributed by atoms with Gasteiger partial charge in [-0.1, -0.05) is 42.5 Å². The number of hydrogen-bond acceptors (Lipinski definition) is 2. The van der Waals surface area contributed by atoms with E-state index in [1.54, 1.807) is 0 Å². The molecule has 0 spiro atoms. The smallest absolute Gasteiger partial charge is 0.303 e. The minimum atomic E-state index is -0.786. The van der Waals surface area contributed by atoms with Crippen molar-refractivity contribution in [1.29, 1.82) is 5.26 Å². The van der Waals surface area contributed by atoms with Crippen LogP contribution in [0.4, 0.5) is 0 Å². The first-order chi connectivity index (χ1) is 9.70. The lowest BCUT2D eigenvalue weighted by Crippen LogP contribution is -1.96. The van der Waals surface area contributed by atoms with Gasteiger partial charge in [-0.3, -0.25) is 4.79 Å². The monoisotopic (exact) mass is 265 g/mol. The molecule has 3 nitrogen and oxygen atoms in total. The summed E-state index contributed by atoms with van der Waals surface area (Å²) in [6.45, 7) is 0. The van der Waals surface area contributed by atoms with Crippen molar-refractivity contribution in [3.8, 4) is 17.2 Å². The molecule has 1 N–H and O–H groups in total. The zero-order valence-electron chi connectivity index (χ0n) is 11.0. The Bertz CT molecular complexity index is 642. The van der Waals surface area contributed by atoms with E-state index in [1.807, 2.05) is 48.5 Å². The summed E-state index contributed by atoms with van der Waals surface area (Å²) >= 11 is 0. The van der Waals surface area contributed by atoms with Gasteiger partial charge < -0.3 is 5.11 Å². The van der Waals surface area contributed by atoms with E-state index in [4.69, 9.17) is 5.11 Å². The van der Waals surface area contributed by atoms with Crippen molar-refractivity contribution in [3.05, 3.63) is 59.7 Å². The molecule has 0 saturated carbocycles. The molecule has 0 saturated heterocycles. The molecule has 100 valence electrons. The number of carboxylic acids is 1. The molecule has 3 heteroatoms. The Kier molecular flexibility index (Phi) is 4.52. The second-order valence-corrected chi connectivity index (χ2v) is 4.61. The van der Waals surface area contributed by atoms with E-state index in [1.165, 1.54) is 0 Å². The van der Waals surface area contributed by atoms with Crippen LogP contribution in [0.5, 0.6) is 0 Å². The molecule has 0 aliphatic rings. The van der Waals surface area contributed by atoms with E-state index in [9.17, 15) is 10.1 Å². The first-order valence-electron chi connectivity index (χ1n) is 6.51. The highest BCUT2D eigenvalue weighted by Gasteiger charge is 2.06. The average molecular weight is 265 g/mol. The molecule has 0 aliphatic heterocycles. The van der Waals surface area contributed by atoms with Crippen molar-refractivity contribution in [1.82, 2.24) is 0 Å². The molecular formula is C17H15NO2. The van der Waals surface area contributed by atoms with Crippen LogP contribution in [-0.2, 0) is 11.2 Å². The highest BCUT2D eigenvalue weighted by atomic mass is 16.4. The normalized spacial score (nSPS) is 9.95. The van der Waals surface area contributed by atoms with Crippen molar-refractivity contribution in [2.45, 2.75) is 19.3 Å². The minimum absolute atomic E-state index is 0.155. The molecular weight excluding hydrogens is 250 g/mol. The van der Waals surface area contributed by atoms with Crippen molar-refractivity contribution in [3.63, 3.8) is 0 Å². The van der Waals surface area contributed by atoms with Gasteiger partial charge in [0.2, 0.25) is 0 Å². The van der Waals surface area contributed by atoms with Gasteiger partial charge in [0, 0.05) is 6.42 Å². The summed E-state index contributed by atoms with van der Waals surface area (Å²) in [6, 6.07) is 17.7. The van der Waals surface area contributed by atoms with Crippen molar-refractivity contribution in [2.75, 3.05) is 0 Å². The van der Waals surface area contributed by atoms with Crippen LogP contribution >= 0.6 is 0 Å². The number of carbonyl (C=O) groups is 1. The molecule has 0 atom stereocenters. The molecule has 2 aromatic carbocycles. The van der Waals surface area contributed by atoms with Gasteiger partial charge in [-0.15, -0.1) is 0 Å². The molecule has 2 aromatic rings. The second-order valence-electron chi connectivity index (χ2n) is 4.61. The zero-order valence-corrected chi connectivity index (χ0v) is 11.0. The van der Waals surface area contributed by atoms with Crippen LogP contribution in [0.3, 0.4) is 0 Å². The molecule has 0 radical (unpaired) electrons. The van der Waals surface area contributed by atoms with Crippen LogP contribution in [0.1, 0.15) is 24.0 Å². The fourth-order valence-corrected chi connectivity index (χ4v) is 2.15. The van der Waals surface area contributed by atoms with Crippen LogP contribution in [-0.4, -0.2) is 11.1 Å². The van der Waals surface area contributed by atoms with Gasteiger partial charge in [-0.25, -0.2) is 0 Å². The van der Waals surface area contributed by atoms with Gasteiger partial charge in [0.05, 0.1) is 11.6 Å². The Morgan fingerprint density at radius 3 is 2.55 bits per heavy atom. The number of hydrogen-bond donors (Lipinski definition) is 1. The topological polar surface area (TPSA) is 61.1 Å². The molecule has 2 rings (SSSR count). The van der Waals surface area contributed by atoms with Gasteiger partial charge in [-0.05, 0) is 35.6 Å². The SMILES string of the molecule is N#Cc1cc(CCCC(=O)O)ccc1-c1ccccc1. The largest absolute Gasteiger partial charge is 0.481 e. The van der Waals surface area contributed by atoms with E-state index >= 15 is 0 Å². The average Bonchev–Trinajstić information content (AvgIpc) is 2.47. The number of nitrogens with zero attached hydrogens (tertiary/aromatic N) is 1. The maximum absolute atomic E-state index is 10.5. The van der Waals surface area contributed by atoms with E-state index in [2.05, 4.69) is 6.07 Å². The number of rotatable bonds is 5. The fraction of sp³-hybridized carbons (Fsp3) is 0.176. The number of carboxylic acid groups (broad SMARTS) is 1. The van der Waals surface area contributed by atoms with Crippen LogP contribution in [0, 0.1) is 11.3 Å². The number of aryl methyl sites for hydroxylation is 1. The Morgan fingerprint density at radius 1 is 1.15 bits per heavy atom. The van der Waals surface area contributed by atoms with Gasteiger partial charge in [0.1, 0.15) is 0 Å². The summed E-state index contributed by atoms with van der Waals surface area (Å²) < 4.78 is 0. The van der Waals surface area contributed by atoms with Gasteiger partial charge in [-0.2, -0.15) is 5.26 Å². The second kappa shape index (κ2) is 6.53. The van der Waals surface area contributed by atoms with Crippen LogP contribution in [0.25, 0.3) is 11.1 Å². The maximum atomic E-state index is 10.5. The Labute approximate surface area is 118 Å². The first-order valence-corrected chi connectivity index (χ1v) is 6.51. The number of nitriles is 1. The molecule has 0 heterocycles. The third-order valence-electron chi connectivity index (χ3n) is 3.15. The minimum Gasteiger partial charge on any atom is -0.481 e. The summed E-state index contributed by atoms with van der Waals surface area (Å²) in [7, 11) is 0. The Morgan fingerprint density at radius 2 is 1.90 bits per heavy atom. The predicted octanol–water partition coefficient (Wildman–Crippen LogP) is 3.63. The number of aliphatic carboxylic acids is 1. The third-order valence-corrected chi connectivity index (χ3v) is 3.15. The molecule has 0 amide bonds. The third kappa shape index (κ3) is 3.46. The Balaban J connectivity index is 2.21. The van der Waals surface area contributed by atoms with E-state index < -0.39 is 5.97 Å². The van der Waals surface area contributed by atoms with Gasteiger partial charge >= 0.3 is 5.97 Å². The van der Waals surface area contributed by atoms with E-state index in [0.717, 1.165) is 16.7 Å². The summed E-state index contributed by atoms with van der Waals surface area (Å²) in [5, 5.41) is 17.9. The molecule has 0 fully saturated rings. The van der Waals surface area contributed by atoms with Crippen molar-refractivity contribution >= 4 is 5.97 Å². The summed E-state index contributed by atoms with van der Waals surface area (Å²) in [5.41, 5.74) is 3.56. The standard InChI is InChI=1S/C17H15NO2/c18-12-15-11-13(5-4-8-17(19)20)9-10-16(15)14-6-2-1-3-7-14/h1-3,6-7,9-11H,4-5,8H2,(H,19,20). The van der Waals surface area contributed by atoms with E-state index in [-0.39, 0.29) is 6.42 Å². The first kappa shape index (κ1) is 13.8. The highest BCUT2D eigenvalue weighted by Crippen LogP contribution is 2.24. The zero-order chi connectivity index (χ0) is 14.4. The quantitative estimate of drug-likeness (QED) is 0.897. The van der Waals surface area contributed by atoms with Crippen molar-refractivity contribution in [2.24, 2.45) is 0 Å². The van der Waals surface area contributed by atoms with Crippen LogP contribution in [0.2, 0.25) is 0 Å². The number of benzene rings is 2. The maximum Gasteiger partial charge on any atom is 0.303 e. The van der Waals surface area contributed by atoms with Gasteiger partial charge in [0.25, 0.3) is 0 Å². The van der Waals surface area contributed by atoms with E-state index in [0.29, 0.717) is 18.4 Å². The van der Waals surface area contributed by atoms with Crippen LogP contribution in [0.15, 0.2) is 48.5 Å². The molecule has 0 aromatic heterocycles. The molecule has 0 bridgehead atoms. The lowest BCUT2D eigenvalue weighted by Gasteiger charge is -2.07. The summed E-state index contributed by atoms with van der Waals surface area (Å²) in [6.07, 6.45) is 1.42. The van der Waals surface area contributed by atoms with Crippen LogP contribution < -0.4 is 0 Å². The summed E-state index contributed by atoms with van der Waals surface area (Å²) in [4.78, 5) is 10.5. The fourth-order valence-electron chi connectivity index (χ4n) is 2.15. The predicted molar refractivity (Wildman–Crippen MR) is 77.2 cm³/mol. The van der Waals surface area contributed by atoms with Crippen molar-refractivity contribution < 1.29 is 9.90 Å². The molecule has 0 unspecified atom stereocenters. The molecule has 0 aliphatic carbocycles.